The molecule has 6 atom stereocenters. The zero-order valence-electron chi connectivity index (χ0n) is 30.2. The van der Waals surface area contributed by atoms with Gasteiger partial charge in [0.05, 0.1) is 24.7 Å². The Labute approximate surface area is 277 Å². The Bertz CT molecular complexity index is 1310. The summed E-state index contributed by atoms with van der Waals surface area (Å²) in [4.78, 5) is 49.3. The van der Waals surface area contributed by atoms with Gasteiger partial charge in [-0.1, -0.05) is 75.3 Å². The van der Waals surface area contributed by atoms with E-state index in [0.717, 1.165) is 22.3 Å². The van der Waals surface area contributed by atoms with Crippen molar-refractivity contribution in [1.82, 2.24) is 0 Å². The van der Waals surface area contributed by atoms with Crippen LogP contribution < -0.4 is 0 Å². The summed E-state index contributed by atoms with van der Waals surface area (Å²) in [5.74, 6) is 0.167. The molecule has 0 aromatic carbocycles. The lowest BCUT2D eigenvalue weighted by molar-refractivity contribution is -0.151. The molecular weight excluding hydrogens is 576 g/mol. The van der Waals surface area contributed by atoms with Crippen LogP contribution in [0.5, 0.6) is 0 Å². The highest BCUT2D eigenvalue weighted by Gasteiger charge is 2.62. The maximum atomic E-state index is 12.5. The first-order valence-corrected chi connectivity index (χ1v) is 16.8. The molecule has 2 saturated carbocycles. The molecule has 0 radical (unpaired) electrons. The molecule has 2 fully saturated rings. The molecule has 0 aromatic heterocycles. The molecule has 0 bridgehead atoms. The van der Waals surface area contributed by atoms with Crippen LogP contribution in [0.25, 0.3) is 0 Å². The van der Waals surface area contributed by atoms with Crippen molar-refractivity contribution >= 4 is 23.5 Å². The minimum absolute atomic E-state index is 0.0532. The Hall–Kier alpha value is -3.28. The molecule has 46 heavy (non-hydrogen) atoms. The molecule has 0 N–H and O–H groups in total. The molecule has 0 aromatic rings. The fraction of sp³-hybridized carbons (Fsp3) is 0.600. The summed E-state index contributed by atoms with van der Waals surface area (Å²) in [7, 11) is 0. The molecule has 0 amide bonds. The average Bonchev–Trinajstić information content (AvgIpc) is 3.58. The minimum Gasteiger partial charge on any atom is -0.457 e. The van der Waals surface area contributed by atoms with Crippen LogP contribution in [-0.4, -0.2) is 35.7 Å². The van der Waals surface area contributed by atoms with Crippen LogP contribution in [-0.2, 0) is 28.7 Å². The van der Waals surface area contributed by atoms with Gasteiger partial charge in [0.1, 0.15) is 12.2 Å². The van der Waals surface area contributed by atoms with Crippen molar-refractivity contribution in [3.05, 3.63) is 69.9 Å². The fourth-order valence-corrected chi connectivity index (χ4v) is 7.02. The summed E-state index contributed by atoms with van der Waals surface area (Å²) < 4.78 is 11.4. The maximum absolute atomic E-state index is 12.5. The van der Waals surface area contributed by atoms with Gasteiger partial charge >= 0.3 is 11.9 Å². The van der Waals surface area contributed by atoms with Gasteiger partial charge in [-0.05, 0) is 102 Å². The molecule has 6 nitrogen and oxygen atoms in total. The Balaban J connectivity index is 0.000000250. The van der Waals surface area contributed by atoms with Gasteiger partial charge in [-0.15, -0.1) is 0 Å². The number of rotatable bonds is 10. The van der Waals surface area contributed by atoms with E-state index >= 15 is 0 Å². The molecule has 0 saturated heterocycles. The zero-order valence-corrected chi connectivity index (χ0v) is 30.2. The van der Waals surface area contributed by atoms with Gasteiger partial charge in [-0.25, -0.2) is 0 Å². The zero-order chi connectivity index (χ0) is 34.7. The van der Waals surface area contributed by atoms with E-state index in [1.807, 2.05) is 79.7 Å². The van der Waals surface area contributed by atoms with E-state index in [1.54, 1.807) is 0 Å². The van der Waals surface area contributed by atoms with Gasteiger partial charge in [0.2, 0.25) is 0 Å². The van der Waals surface area contributed by atoms with Gasteiger partial charge in [0, 0.05) is 11.1 Å². The van der Waals surface area contributed by atoms with Crippen molar-refractivity contribution in [2.24, 2.45) is 34.5 Å². The summed E-state index contributed by atoms with van der Waals surface area (Å²) in [6.45, 7) is 24.3. The maximum Gasteiger partial charge on any atom is 0.310 e. The van der Waals surface area contributed by atoms with Crippen LogP contribution in [0, 0.1) is 34.5 Å². The summed E-state index contributed by atoms with van der Waals surface area (Å²) in [6.07, 6.45) is 13.2. The topological polar surface area (TPSA) is 86.7 Å². The predicted octanol–water partition coefficient (Wildman–Crippen LogP) is 8.78. The van der Waals surface area contributed by atoms with Crippen LogP contribution in [0.15, 0.2) is 69.9 Å². The van der Waals surface area contributed by atoms with Crippen LogP contribution in [0.1, 0.15) is 109 Å². The van der Waals surface area contributed by atoms with Crippen LogP contribution in [0.3, 0.4) is 0 Å². The SMILES string of the molecule is C/C=C/CC1=C(C)C(OC(=O)C2C(C=C(C)C)C2(C)C)CC1=O.C/C=C/CC1=C(C)[C@@H](OC(=O)[C@@H]2[C@@H](C=C(C)C)C2(C)C)CC1=O. The lowest BCUT2D eigenvalue weighted by atomic mass is 10.1. The van der Waals surface area contributed by atoms with E-state index < -0.39 is 0 Å². The number of Topliss-reactive ketones (excluding diaryl/α,β-unsaturated/α-hetero) is 2. The smallest absolute Gasteiger partial charge is 0.310 e. The van der Waals surface area contributed by atoms with E-state index in [4.69, 9.17) is 9.47 Å². The Morgan fingerprint density at radius 3 is 1.28 bits per heavy atom. The molecule has 4 aliphatic rings. The van der Waals surface area contributed by atoms with Gasteiger partial charge < -0.3 is 9.47 Å². The minimum atomic E-state index is -0.376. The highest BCUT2D eigenvalue weighted by molar-refractivity contribution is 6.00. The van der Waals surface area contributed by atoms with Gasteiger partial charge in [0.25, 0.3) is 0 Å². The third-order valence-electron chi connectivity index (χ3n) is 10.3. The standard InChI is InChI=1S/2C20H28O3/c2*1-7-8-9-14-13(4)17(11-16(14)21)23-19(22)18-15(10-12(2)3)20(18,5)6/h2*7-8,10,15,17-18H,9,11H2,1-6H3/b2*8-7+/t15-,17+,18+;/m1./s1. The Kier molecular flexibility index (Phi) is 11.8. The fourth-order valence-electron chi connectivity index (χ4n) is 7.02. The van der Waals surface area contributed by atoms with Crippen LogP contribution in [0.4, 0.5) is 0 Å². The Morgan fingerprint density at radius 2 is 1.00 bits per heavy atom. The van der Waals surface area contributed by atoms with E-state index in [-0.39, 0.29) is 70.2 Å². The van der Waals surface area contributed by atoms with Crippen LogP contribution >= 0.6 is 0 Å². The summed E-state index contributed by atoms with van der Waals surface area (Å²) in [6, 6.07) is 0. The Morgan fingerprint density at radius 1 is 0.674 bits per heavy atom. The molecule has 252 valence electrons. The number of ether oxygens (including phenoxy) is 2. The van der Waals surface area contributed by atoms with Crippen molar-refractivity contribution in [1.29, 1.82) is 0 Å². The molecule has 4 aliphatic carbocycles. The summed E-state index contributed by atoms with van der Waals surface area (Å²) >= 11 is 0. The average molecular weight is 633 g/mol. The number of allylic oxidation sites excluding steroid dienone is 10. The monoisotopic (exact) mass is 632 g/mol. The van der Waals surface area contributed by atoms with E-state index in [2.05, 4.69) is 39.8 Å². The molecule has 0 heterocycles. The van der Waals surface area contributed by atoms with E-state index in [9.17, 15) is 19.2 Å². The number of carbonyl (C=O) groups is 4. The van der Waals surface area contributed by atoms with Crippen molar-refractivity contribution in [3.63, 3.8) is 0 Å². The van der Waals surface area contributed by atoms with Gasteiger partial charge in [-0.2, -0.15) is 0 Å². The number of carbonyl (C=O) groups excluding carboxylic acids is 4. The first-order chi connectivity index (χ1) is 21.4. The second kappa shape index (κ2) is 14.6. The number of ketones is 2. The normalized spacial score (nSPS) is 29.1. The third-order valence-corrected chi connectivity index (χ3v) is 10.3. The van der Waals surface area contributed by atoms with Crippen molar-refractivity contribution in [2.45, 2.75) is 121 Å². The van der Waals surface area contributed by atoms with Crippen LogP contribution in [0.2, 0.25) is 0 Å². The van der Waals surface area contributed by atoms with Crippen molar-refractivity contribution in [3.8, 4) is 0 Å². The number of esters is 2. The largest absolute Gasteiger partial charge is 0.457 e. The molecule has 3 unspecified atom stereocenters. The third kappa shape index (κ3) is 8.16. The number of hydrogen-bond acceptors (Lipinski definition) is 6. The summed E-state index contributed by atoms with van der Waals surface area (Å²) in [5, 5.41) is 0. The summed E-state index contributed by atoms with van der Waals surface area (Å²) in [5.41, 5.74) is 5.77. The molecular formula is C40H56O6. The van der Waals surface area contributed by atoms with Crippen molar-refractivity contribution < 1.29 is 28.7 Å². The molecule has 0 spiro atoms. The lowest BCUT2D eigenvalue weighted by Crippen LogP contribution is -2.20. The van der Waals surface area contributed by atoms with E-state index in [1.165, 1.54) is 11.1 Å². The molecule has 4 rings (SSSR count). The van der Waals surface area contributed by atoms with Gasteiger partial charge in [-0.3, -0.25) is 19.2 Å². The molecule has 0 aliphatic heterocycles. The van der Waals surface area contributed by atoms with Crippen molar-refractivity contribution in [2.75, 3.05) is 0 Å². The van der Waals surface area contributed by atoms with Gasteiger partial charge in [0.15, 0.2) is 11.6 Å². The highest BCUT2D eigenvalue weighted by atomic mass is 16.5. The van der Waals surface area contributed by atoms with E-state index in [0.29, 0.717) is 25.7 Å². The number of hydrogen-bond donors (Lipinski definition) is 0. The second-order valence-corrected chi connectivity index (χ2v) is 15.1. The quantitative estimate of drug-likeness (QED) is 0.177. The molecule has 6 heteroatoms. The first kappa shape index (κ1) is 37.2. The first-order valence-electron chi connectivity index (χ1n) is 16.8. The predicted molar refractivity (Wildman–Crippen MR) is 184 cm³/mol. The highest BCUT2D eigenvalue weighted by Crippen LogP contribution is 2.61. The lowest BCUT2D eigenvalue weighted by Gasteiger charge is -2.13. The second-order valence-electron chi connectivity index (χ2n) is 15.1.